The minimum Gasteiger partial charge on any atom is -0.480 e. The largest absolute Gasteiger partial charge is 0.480 e. The first-order valence-corrected chi connectivity index (χ1v) is 21.9. The molecule has 0 aromatic rings. The molecule has 0 aliphatic rings. The van der Waals surface area contributed by atoms with Crippen LogP contribution in [0.25, 0.3) is 0 Å². The lowest BCUT2D eigenvalue weighted by atomic mass is 10.1. The summed E-state index contributed by atoms with van der Waals surface area (Å²) in [7, 11) is -4.72. The summed E-state index contributed by atoms with van der Waals surface area (Å²) in [6.45, 7) is 2.74. The number of aliphatic carboxylic acids is 1. The number of phosphoric acid groups is 1. The molecule has 0 aliphatic carbocycles. The number of nitrogens with two attached hydrogens (primary N) is 1. The van der Waals surface area contributed by atoms with E-state index in [4.69, 9.17) is 24.8 Å². The van der Waals surface area contributed by atoms with Crippen LogP contribution >= 0.6 is 7.82 Å². The molecule has 3 atom stereocenters. The van der Waals surface area contributed by atoms with Crippen molar-refractivity contribution < 1.29 is 47.5 Å². The Kier molecular flexibility index (Phi) is 34.6. The quantitative estimate of drug-likeness (QED) is 0.0237. The van der Waals surface area contributed by atoms with E-state index in [0.29, 0.717) is 12.8 Å². The van der Waals surface area contributed by atoms with E-state index in [1.807, 2.05) is 6.08 Å². The zero-order valence-electron chi connectivity index (χ0n) is 32.7. The summed E-state index contributed by atoms with van der Waals surface area (Å²) in [4.78, 5) is 45.8. The maximum Gasteiger partial charge on any atom is 0.472 e. The molecule has 0 radical (unpaired) electrons. The SMILES string of the molecule is CCCCCCCC/C=C/CCCCCC(=O)OC[C@H](COP(=O)(O)OC[C@H](N)C(=O)O)OC(=O)CC/C=C/CCCCCCCCCCCCC. The van der Waals surface area contributed by atoms with Crippen molar-refractivity contribution in [2.45, 2.75) is 193 Å². The van der Waals surface area contributed by atoms with Crippen LogP contribution in [-0.4, -0.2) is 59.9 Å². The van der Waals surface area contributed by atoms with Crippen molar-refractivity contribution in [1.82, 2.24) is 0 Å². The van der Waals surface area contributed by atoms with Crippen LogP contribution in [0.15, 0.2) is 24.3 Å². The molecule has 0 aromatic heterocycles. The van der Waals surface area contributed by atoms with Crippen molar-refractivity contribution in [3.05, 3.63) is 24.3 Å². The van der Waals surface area contributed by atoms with Gasteiger partial charge in [0.15, 0.2) is 6.10 Å². The topological polar surface area (TPSA) is 172 Å². The molecule has 0 saturated heterocycles. The Hall–Kier alpha value is -2.04. The van der Waals surface area contributed by atoms with E-state index < -0.39 is 51.1 Å². The summed E-state index contributed by atoms with van der Waals surface area (Å²) in [5.74, 6) is -2.46. The average Bonchev–Trinajstić information content (AvgIpc) is 3.12. The Bertz CT molecular complexity index is 989. The van der Waals surface area contributed by atoms with E-state index in [1.165, 1.54) is 103 Å². The van der Waals surface area contributed by atoms with Crippen LogP contribution in [0.3, 0.4) is 0 Å². The minimum absolute atomic E-state index is 0.0767. The van der Waals surface area contributed by atoms with Crippen LogP contribution in [-0.2, 0) is 37.5 Å². The fourth-order valence-corrected chi connectivity index (χ4v) is 6.21. The lowest BCUT2D eigenvalue weighted by Crippen LogP contribution is -2.34. The maximum atomic E-state index is 12.6. The molecule has 304 valence electrons. The molecule has 4 N–H and O–H groups in total. The smallest absolute Gasteiger partial charge is 0.472 e. The highest BCUT2D eigenvalue weighted by molar-refractivity contribution is 7.47. The summed E-state index contributed by atoms with van der Waals surface area (Å²) < 4.78 is 32.5. The maximum absolute atomic E-state index is 12.6. The summed E-state index contributed by atoms with van der Waals surface area (Å²) in [6, 6.07) is -1.53. The lowest BCUT2D eigenvalue weighted by molar-refractivity contribution is -0.161. The van der Waals surface area contributed by atoms with Gasteiger partial charge in [-0.1, -0.05) is 141 Å². The molecule has 0 aliphatic heterocycles. The van der Waals surface area contributed by atoms with Gasteiger partial charge < -0.3 is 25.2 Å². The summed E-state index contributed by atoms with van der Waals surface area (Å²) in [6.07, 6.45) is 35.5. The Morgan fingerprint density at radius 1 is 0.577 bits per heavy atom. The van der Waals surface area contributed by atoms with Crippen molar-refractivity contribution >= 4 is 25.7 Å². The second-order valence-electron chi connectivity index (χ2n) is 13.8. The fraction of sp³-hybridized carbons (Fsp3) is 0.825. The van der Waals surface area contributed by atoms with E-state index in [2.05, 4.69) is 36.6 Å². The number of hydrogen-bond donors (Lipinski definition) is 3. The van der Waals surface area contributed by atoms with E-state index >= 15 is 0 Å². The molecule has 11 nitrogen and oxygen atoms in total. The van der Waals surface area contributed by atoms with E-state index in [9.17, 15) is 23.8 Å². The lowest BCUT2D eigenvalue weighted by Gasteiger charge is -2.20. The number of carboxylic acid groups (broad SMARTS) is 1. The van der Waals surface area contributed by atoms with Crippen molar-refractivity contribution in [3.8, 4) is 0 Å². The number of rotatable bonds is 38. The third-order valence-electron chi connectivity index (χ3n) is 8.69. The molecule has 0 saturated carbocycles. The zero-order valence-corrected chi connectivity index (χ0v) is 33.5. The Morgan fingerprint density at radius 2 is 1.00 bits per heavy atom. The highest BCUT2D eigenvalue weighted by Gasteiger charge is 2.28. The van der Waals surface area contributed by atoms with Gasteiger partial charge in [0.25, 0.3) is 0 Å². The first-order valence-electron chi connectivity index (χ1n) is 20.4. The molecule has 0 aromatic carbocycles. The molecule has 0 rings (SSSR count). The molecule has 0 heterocycles. The molecule has 12 heteroatoms. The van der Waals surface area contributed by atoms with Crippen LogP contribution in [0.2, 0.25) is 0 Å². The third kappa shape index (κ3) is 35.0. The third-order valence-corrected chi connectivity index (χ3v) is 9.64. The number of unbranched alkanes of at least 4 members (excludes halogenated alkanes) is 20. The molecule has 0 spiro atoms. The zero-order chi connectivity index (χ0) is 38.5. The first-order chi connectivity index (χ1) is 25.1. The van der Waals surface area contributed by atoms with Crippen molar-refractivity contribution in [2.24, 2.45) is 5.73 Å². The predicted octanol–water partition coefficient (Wildman–Crippen LogP) is 10.3. The van der Waals surface area contributed by atoms with Gasteiger partial charge >= 0.3 is 25.7 Å². The van der Waals surface area contributed by atoms with Gasteiger partial charge in [0.2, 0.25) is 0 Å². The van der Waals surface area contributed by atoms with Gasteiger partial charge in [-0.2, -0.15) is 0 Å². The van der Waals surface area contributed by atoms with Gasteiger partial charge in [-0.05, 0) is 51.4 Å². The number of allylic oxidation sites excluding steroid dienone is 4. The molecular weight excluding hydrogens is 685 g/mol. The average molecular weight is 760 g/mol. The highest BCUT2D eigenvalue weighted by Crippen LogP contribution is 2.43. The van der Waals surface area contributed by atoms with Gasteiger partial charge in [0.1, 0.15) is 12.6 Å². The number of carbonyl (C=O) groups is 3. The number of carbonyl (C=O) groups excluding carboxylic acids is 2. The number of hydrogen-bond acceptors (Lipinski definition) is 9. The summed E-state index contributed by atoms with van der Waals surface area (Å²) >= 11 is 0. The Labute approximate surface area is 315 Å². The van der Waals surface area contributed by atoms with Crippen molar-refractivity contribution in [2.75, 3.05) is 19.8 Å². The highest BCUT2D eigenvalue weighted by atomic mass is 31.2. The van der Waals surface area contributed by atoms with Gasteiger partial charge in [0, 0.05) is 12.8 Å². The molecular formula is C40H74NO10P. The number of esters is 2. The van der Waals surface area contributed by atoms with Crippen LogP contribution in [0, 0.1) is 0 Å². The van der Waals surface area contributed by atoms with Gasteiger partial charge in [0.05, 0.1) is 13.2 Å². The number of ether oxygens (including phenoxy) is 2. The standard InChI is InChI=1S/C40H74NO10P/c1-3-5-7-9-11-13-15-17-18-20-22-24-26-28-30-32-39(43)51-36(34-49-52(46,47)50-35-37(41)40(44)45)33-48-38(42)31-29-27-25-23-21-19-16-14-12-10-8-6-4-2/h19,21,26,28,36-37H,3-18,20,22-25,27,29-35,41H2,1-2H3,(H,44,45)(H,46,47)/b21-19+,28-26+/t36-,37+/m1/s1. The number of carboxylic acids is 1. The van der Waals surface area contributed by atoms with Crippen molar-refractivity contribution in [3.63, 3.8) is 0 Å². The predicted molar refractivity (Wildman–Crippen MR) is 208 cm³/mol. The van der Waals surface area contributed by atoms with Crippen molar-refractivity contribution in [1.29, 1.82) is 0 Å². The molecule has 0 fully saturated rings. The Balaban J connectivity index is 4.47. The fourth-order valence-electron chi connectivity index (χ4n) is 5.43. The van der Waals surface area contributed by atoms with Gasteiger partial charge in [-0.25, -0.2) is 4.57 Å². The van der Waals surface area contributed by atoms with E-state index in [-0.39, 0.29) is 19.4 Å². The normalized spacial score (nSPS) is 14.1. The minimum atomic E-state index is -4.72. The van der Waals surface area contributed by atoms with E-state index in [0.717, 1.165) is 38.5 Å². The second kappa shape index (κ2) is 36.0. The second-order valence-corrected chi connectivity index (χ2v) is 15.2. The van der Waals surface area contributed by atoms with E-state index in [1.54, 1.807) is 0 Å². The van der Waals surface area contributed by atoms with Crippen LogP contribution in [0.4, 0.5) is 0 Å². The van der Waals surface area contributed by atoms with Crippen LogP contribution in [0.1, 0.15) is 181 Å². The molecule has 0 bridgehead atoms. The number of phosphoric ester groups is 1. The summed E-state index contributed by atoms with van der Waals surface area (Å²) in [5, 5.41) is 8.86. The Morgan fingerprint density at radius 3 is 1.48 bits per heavy atom. The molecule has 0 amide bonds. The van der Waals surface area contributed by atoms with Crippen LogP contribution < -0.4 is 5.73 Å². The van der Waals surface area contributed by atoms with Gasteiger partial charge in [-0.15, -0.1) is 0 Å². The summed E-state index contributed by atoms with van der Waals surface area (Å²) in [5.41, 5.74) is 5.32. The van der Waals surface area contributed by atoms with Gasteiger partial charge in [-0.3, -0.25) is 23.4 Å². The molecule has 1 unspecified atom stereocenters. The van der Waals surface area contributed by atoms with Crippen LogP contribution in [0.5, 0.6) is 0 Å². The monoisotopic (exact) mass is 760 g/mol. The first kappa shape index (κ1) is 50.0. The molecule has 52 heavy (non-hydrogen) atoms.